The number of amides is 1. The maximum Gasteiger partial charge on any atom is 0.272 e. The van der Waals surface area contributed by atoms with Crippen LogP contribution in [0.3, 0.4) is 0 Å². The van der Waals surface area contributed by atoms with Crippen molar-refractivity contribution < 1.29 is 9.90 Å². The van der Waals surface area contributed by atoms with Crippen molar-refractivity contribution in [3.8, 4) is 0 Å². The fourth-order valence-electron chi connectivity index (χ4n) is 2.02. The van der Waals surface area contributed by atoms with Crippen LogP contribution in [0.4, 0.5) is 5.69 Å². The Morgan fingerprint density at radius 1 is 1.26 bits per heavy atom. The fourth-order valence-corrected chi connectivity index (χ4v) is 2.02. The predicted molar refractivity (Wildman–Crippen MR) is 75.0 cm³/mol. The maximum absolute atomic E-state index is 12.2. The summed E-state index contributed by atoms with van der Waals surface area (Å²) < 4.78 is 1.93. The molecule has 0 fully saturated rings. The van der Waals surface area contributed by atoms with Crippen molar-refractivity contribution in [1.82, 2.24) is 4.57 Å². The van der Waals surface area contributed by atoms with E-state index in [4.69, 9.17) is 0 Å². The van der Waals surface area contributed by atoms with E-state index in [1.165, 1.54) is 0 Å². The van der Waals surface area contributed by atoms with Gasteiger partial charge < -0.3 is 15.0 Å². The molecule has 0 aliphatic carbocycles. The zero-order valence-corrected chi connectivity index (χ0v) is 11.0. The van der Waals surface area contributed by atoms with E-state index >= 15 is 0 Å². The Morgan fingerprint density at radius 2 is 2.05 bits per heavy atom. The second kappa shape index (κ2) is 6.20. The van der Waals surface area contributed by atoms with Gasteiger partial charge in [0, 0.05) is 24.0 Å². The highest BCUT2D eigenvalue weighted by atomic mass is 16.3. The van der Waals surface area contributed by atoms with Crippen molar-refractivity contribution in [2.24, 2.45) is 0 Å². The summed E-state index contributed by atoms with van der Waals surface area (Å²) in [6, 6.07) is 10.9. The van der Waals surface area contributed by atoms with Crippen molar-refractivity contribution in [3.63, 3.8) is 0 Å². The molecule has 2 aromatic rings. The molecule has 1 aromatic heterocycles. The van der Waals surface area contributed by atoms with E-state index < -0.39 is 0 Å². The molecule has 1 amide bonds. The number of aryl methyl sites for hydroxylation is 1. The number of aromatic nitrogens is 1. The van der Waals surface area contributed by atoms with Crippen LogP contribution >= 0.6 is 0 Å². The molecular formula is C15H18N2O2. The van der Waals surface area contributed by atoms with Crippen LogP contribution in [0.25, 0.3) is 0 Å². The van der Waals surface area contributed by atoms with Crippen LogP contribution in [-0.2, 0) is 13.2 Å². The molecular weight excluding hydrogens is 240 g/mol. The van der Waals surface area contributed by atoms with Gasteiger partial charge in [0.25, 0.3) is 5.91 Å². The van der Waals surface area contributed by atoms with E-state index in [1.54, 1.807) is 18.2 Å². The van der Waals surface area contributed by atoms with Gasteiger partial charge in [-0.1, -0.05) is 25.1 Å². The average Bonchev–Trinajstić information content (AvgIpc) is 2.88. The summed E-state index contributed by atoms with van der Waals surface area (Å²) in [4.78, 5) is 12.2. The standard InChI is InChI=1S/C15H18N2O2/c1-2-9-17-10-5-8-14(17)15(19)16-13-7-4-3-6-12(13)11-18/h3-8,10,18H,2,9,11H2,1H3,(H,16,19). The lowest BCUT2D eigenvalue weighted by atomic mass is 10.2. The molecule has 4 heteroatoms. The monoisotopic (exact) mass is 258 g/mol. The molecule has 2 rings (SSSR count). The molecule has 0 saturated heterocycles. The van der Waals surface area contributed by atoms with Crippen molar-refractivity contribution in [3.05, 3.63) is 53.9 Å². The third kappa shape index (κ3) is 3.03. The number of hydrogen-bond acceptors (Lipinski definition) is 2. The lowest BCUT2D eigenvalue weighted by Gasteiger charge is -2.11. The lowest BCUT2D eigenvalue weighted by molar-refractivity contribution is 0.101. The number of benzene rings is 1. The fraction of sp³-hybridized carbons (Fsp3) is 0.267. The Hall–Kier alpha value is -2.07. The number of carbonyl (C=O) groups is 1. The third-order valence-electron chi connectivity index (χ3n) is 2.96. The molecule has 0 aliphatic heterocycles. The molecule has 0 unspecified atom stereocenters. The quantitative estimate of drug-likeness (QED) is 0.866. The Bertz CT molecular complexity index is 561. The molecule has 1 heterocycles. The number of carbonyl (C=O) groups excluding carboxylic acids is 1. The summed E-state index contributed by atoms with van der Waals surface area (Å²) in [5, 5.41) is 12.1. The number of hydrogen-bond donors (Lipinski definition) is 2. The third-order valence-corrected chi connectivity index (χ3v) is 2.96. The number of aliphatic hydroxyl groups excluding tert-OH is 1. The number of aliphatic hydroxyl groups is 1. The highest BCUT2D eigenvalue weighted by molar-refractivity contribution is 6.03. The summed E-state index contributed by atoms with van der Waals surface area (Å²) in [5.41, 5.74) is 2.00. The maximum atomic E-state index is 12.2. The van der Waals surface area contributed by atoms with Gasteiger partial charge in [-0.2, -0.15) is 0 Å². The number of rotatable bonds is 5. The first-order valence-corrected chi connectivity index (χ1v) is 6.41. The first-order valence-electron chi connectivity index (χ1n) is 6.41. The Labute approximate surface area is 112 Å². The highest BCUT2D eigenvalue weighted by Gasteiger charge is 2.12. The molecule has 1 aromatic carbocycles. The van der Waals surface area contributed by atoms with Crippen LogP contribution in [0.1, 0.15) is 29.4 Å². The van der Waals surface area contributed by atoms with Crippen molar-refractivity contribution in [1.29, 1.82) is 0 Å². The molecule has 4 nitrogen and oxygen atoms in total. The predicted octanol–water partition coefficient (Wildman–Crippen LogP) is 2.64. The average molecular weight is 258 g/mol. The van der Waals surface area contributed by atoms with Gasteiger partial charge in [-0.25, -0.2) is 0 Å². The summed E-state index contributed by atoms with van der Waals surface area (Å²) in [7, 11) is 0. The van der Waals surface area contributed by atoms with Crippen LogP contribution < -0.4 is 5.32 Å². The van der Waals surface area contributed by atoms with E-state index in [2.05, 4.69) is 12.2 Å². The van der Waals surface area contributed by atoms with E-state index in [1.807, 2.05) is 29.0 Å². The van der Waals surface area contributed by atoms with Gasteiger partial charge in [-0.3, -0.25) is 4.79 Å². The highest BCUT2D eigenvalue weighted by Crippen LogP contribution is 2.16. The first kappa shape index (κ1) is 13.4. The van der Waals surface area contributed by atoms with Gasteiger partial charge in [0.05, 0.1) is 6.61 Å². The van der Waals surface area contributed by atoms with E-state index in [9.17, 15) is 9.90 Å². The largest absolute Gasteiger partial charge is 0.392 e. The van der Waals surface area contributed by atoms with Crippen LogP contribution in [-0.4, -0.2) is 15.6 Å². The van der Waals surface area contributed by atoms with E-state index in [0.29, 0.717) is 16.9 Å². The van der Waals surface area contributed by atoms with E-state index in [0.717, 1.165) is 13.0 Å². The minimum absolute atomic E-state index is 0.0908. The van der Waals surface area contributed by atoms with Crippen LogP contribution in [0.15, 0.2) is 42.6 Å². The van der Waals surface area contributed by atoms with Crippen molar-refractivity contribution in [2.45, 2.75) is 26.5 Å². The van der Waals surface area contributed by atoms with Gasteiger partial charge in [-0.05, 0) is 24.6 Å². The van der Waals surface area contributed by atoms with Gasteiger partial charge in [-0.15, -0.1) is 0 Å². The minimum atomic E-state index is -0.153. The first-order chi connectivity index (χ1) is 9.26. The molecule has 19 heavy (non-hydrogen) atoms. The zero-order chi connectivity index (χ0) is 13.7. The molecule has 0 radical (unpaired) electrons. The second-order valence-corrected chi connectivity index (χ2v) is 4.36. The van der Waals surface area contributed by atoms with Gasteiger partial charge in [0.2, 0.25) is 0 Å². The van der Waals surface area contributed by atoms with Gasteiger partial charge in [0.15, 0.2) is 0 Å². The number of anilines is 1. The topological polar surface area (TPSA) is 54.3 Å². The molecule has 0 atom stereocenters. The molecule has 0 saturated carbocycles. The minimum Gasteiger partial charge on any atom is -0.392 e. The normalized spacial score (nSPS) is 10.4. The molecule has 2 N–H and O–H groups in total. The van der Waals surface area contributed by atoms with Crippen molar-refractivity contribution >= 4 is 11.6 Å². The smallest absolute Gasteiger partial charge is 0.272 e. The number of nitrogens with one attached hydrogen (secondary N) is 1. The lowest BCUT2D eigenvalue weighted by Crippen LogP contribution is -2.17. The Balaban J connectivity index is 2.18. The van der Waals surface area contributed by atoms with Gasteiger partial charge >= 0.3 is 0 Å². The number of para-hydroxylation sites is 1. The molecule has 100 valence electrons. The SMILES string of the molecule is CCCn1cccc1C(=O)Nc1ccccc1CO. The number of nitrogens with zero attached hydrogens (tertiary/aromatic N) is 1. The zero-order valence-electron chi connectivity index (χ0n) is 11.0. The van der Waals surface area contributed by atoms with Crippen molar-refractivity contribution in [2.75, 3.05) is 5.32 Å². The Kier molecular flexibility index (Phi) is 4.36. The van der Waals surface area contributed by atoms with Crippen LogP contribution in [0.2, 0.25) is 0 Å². The summed E-state index contributed by atoms with van der Waals surface area (Å²) in [5.74, 6) is -0.153. The summed E-state index contributed by atoms with van der Waals surface area (Å²) in [6.07, 6.45) is 2.87. The Morgan fingerprint density at radius 3 is 2.79 bits per heavy atom. The summed E-state index contributed by atoms with van der Waals surface area (Å²) >= 11 is 0. The second-order valence-electron chi connectivity index (χ2n) is 4.36. The van der Waals surface area contributed by atoms with E-state index in [-0.39, 0.29) is 12.5 Å². The van der Waals surface area contributed by atoms with Crippen LogP contribution in [0.5, 0.6) is 0 Å². The van der Waals surface area contributed by atoms with Gasteiger partial charge in [0.1, 0.15) is 5.69 Å². The molecule has 0 aliphatic rings. The van der Waals surface area contributed by atoms with Crippen LogP contribution in [0, 0.1) is 0 Å². The summed E-state index contributed by atoms with van der Waals surface area (Å²) in [6.45, 7) is 2.80. The molecule has 0 spiro atoms. The molecule has 0 bridgehead atoms.